The first-order chi connectivity index (χ1) is 8.67. The van der Waals surface area contributed by atoms with Crippen LogP contribution in [0, 0.1) is 12.8 Å². The van der Waals surface area contributed by atoms with E-state index in [1.54, 1.807) is 13.0 Å². The summed E-state index contributed by atoms with van der Waals surface area (Å²) in [7, 11) is 1.96. The zero-order chi connectivity index (χ0) is 13.0. The van der Waals surface area contributed by atoms with Crippen LogP contribution in [0.2, 0.25) is 0 Å². The van der Waals surface area contributed by atoms with Gasteiger partial charge in [-0.05, 0) is 39.4 Å². The number of amides is 1. The van der Waals surface area contributed by atoms with E-state index < -0.39 is 0 Å². The predicted molar refractivity (Wildman–Crippen MR) is 75.6 cm³/mol. The molecule has 1 fully saturated rings. The molecule has 0 aromatic carbocycles. The van der Waals surface area contributed by atoms with Crippen LogP contribution in [0.15, 0.2) is 10.6 Å². The van der Waals surface area contributed by atoms with Crippen LogP contribution in [0.1, 0.15) is 12.2 Å². The Balaban J connectivity index is 0.00000180. The van der Waals surface area contributed by atoms with Gasteiger partial charge in [0.1, 0.15) is 5.76 Å². The second kappa shape index (κ2) is 7.47. The molecule has 0 saturated carbocycles. The summed E-state index contributed by atoms with van der Waals surface area (Å²) in [6.45, 7) is 5.20. The van der Waals surface area contributed by atoms with E-state index in [1.807, 2.05) is 7.05 Å². The third kappa shape index (κ3) is 4.81. The first-order valence-electron chi connectivity index (χ1n) is 6.27. The fourth-order valence-electron chi connectivity index (χ4n) is 2.32. The summed E-state index contributed by atoms with van der Waals surface area (Å²) in [5.74, 6) is 1.80. The van der Waals surface area contributed by atoms with Gasteiger partial charge in [-0.1, -0.05) is 5.16 Å². The molecule has 1 atom stereocenters. The molecule has 2 heterocycles. The van der Waals surface area contributed by atoms with Crippen LogP contribution in [0.4, 0.5) is 5.82 Å². The molecule has 1 aliphatic heterocycles. The molecular weight excluding hydrogens is 268 g/mol. The monoisotopic (exact) mass is 288 g/mol. The van der Waals surface area contributed by atoms with Gasteiger partial charge in [0, 0.05) is 12.6 Å². The van der Waals surface area contributed by atoms with Gasteiger partial charge in [-0.3, -0.25) is 9.69 Å². The molecule has 1 aromatic rings. The number of halogens is 1. The van der Waals surface area contributed by atoms with Crippen LogP contribution in [-0.2, 0) is 4.79 Å². The average molecular weight is 289 g/mol. The maximum Gasteiger partial charge on any atom is 0.239 e. The van der Waals surface area contributed by atoms with E-state index in [2.05, 4.69) is 20.7 Å². The zero-order valence-electron chi connectivity index (χ0n) is 11.3. The number of aromatic nitrogens is 1. The van der Waals surface area contributed by atoms with Crippen molar-refractivity contribution in [1.29, 1.82) is 0 Å². The molecule has 2 N–H and O–H groups in total. The third-order valence-corrected chi connectivity index (χ3v) is 3.13. The van der Waals surface area contributed by atoms with Crippen LogP contribution >= 0.6 is 12.4 Å². The summed E-state index contributed by atoms with van der Waals surface area (Å²) in [6.07, 6.45) is 1.15. The molecule has 1 aromatic heterocycles. The van der Waals surface area contributed by atoms with Gasteiger partial charge < -0.3 is 15.2 Å². The summed E-state index contributed by atoms with van der Waals surface area (Å²) < 4.78 is 4.90. The van der Waals surface area contributed by atoms with Gasteiger partial charge in [0.05, 0.1) is 6.54 Å². The van der Waals surface area contributed by atoms with Crippen LogP contribution < -0.4 is 10.6 Å². The van der Waals surface area contributed by atoms with E-state index in [-0.39, 0.29) is 18.3 Å². The number of nitrogens with one attached hydrogen (secondary N) is 2. The smallest absolute Gasteiger partial charge is 0.239 e. The number of likely N-dealkylation sites (tertiary alicyclic amines) is 1. The van der Waals surface area contributed by atoms with E-state index in [1.165, 1.54) is 0 Å². The van der Waals surface area contributed by atoms with E-state index in [0.29, 0.717) is 24.0 Å². The Hall–Kier alpha value is -1.11. The maximum absolute atomic E-state index is 11.8. The Labute approximate surface area is 119 Å². The predicted octanol–water partition coefficient (Wildman–Crippen LogP) is 0.885. The van der Waals surface area contributed by atoms with Gasteiger partial charge in [0.15, 0.2) is 5.82 Å². The van der Waals surface area contributed by atoms with Crippen molar-refractivity contribution in [3.8, 4) is 0 Å². The molecule has 19 heavy (non-hydrogen) atoms. The number of anilines is 1. The second-order valence-corrected chi connectivity index (χ2v) is 4.82. The lowest BCUT2D eigenvalue weighted by molar-refractivity contribution is -0.117. The van der Waals surface area contributed by atoms with Crippen molar-refractivity contribution < 1.29 is 9.32 Å². The molecule has 0 radical (unpaired) electrons. The van der Waals surface area contributed by atoms with Gasteiger partial charge in [-0.15, -0.1) is 12.4 Å². The molecule has 108 valence electrons. The molecule has 2 rings (SSSR count). The highest BCUT2D eigenvalue weighted by Crippen LogP contribution is 2.15. The second-order valence-electron chi connectivity index (χ2n) is 4.82. The highest BCUT2D eigenvalue weighted by molar-refractivity contribution is 5.91. The molecule has 1 unspecified atom stereocenters. The normalized spacial score (nSPS) is 19.2. The van der Waals surface area contributed by atoms with Gasteiger partial charge in [0.25, 0.3) is 0 Å². The van der Waals surface area contributed by atoms with Gasteiger partial charge in [-0.25, -0.2) is 0 Å². The molecule has 1 amide bonds. The lowest BCUT2D eigenvalue weighted by atomic mass is 10.1. The minimum absolute atomic E-state index is 0. The summed E-state index contributed by atoms with van der Waals surface area (Å²) in [5, 5.41) is 9.65. The van der Waals surface area contributed by atoms with Crippen molar-refractivity contribution in [3.63, 3.8) is 0 Å². The maximum atomic E-state index is 11.8. The molecule has 0 aliphatic carbocycles. The molecule has 1 saturated heterocycles. The summed E-state index contributed by atoms with van der Waals surface area (Å²) in [5.41, 5.74) is 0. The van der Waals surface area contributed by atoms with E-state index in [4.69, 9.17) is 4.52 Å². The Morgan fingerprint density at radius 2 is 2.42 bits per heavy atom. The summed E-state index contributed by atoms with van der Waals surface area (Å²) in [6, 6.07) is 1.71. The number of aryl methyl sites for hydroxylation is 1. The Bertz CT molecular complexity index is 410. The third-order valence-electron chi connectivity index (χ3n) is 3.13. The molecule has 1 aliphatic rings. The van der Waals surface area contributed by atoms with Crippen LogP contribution in [0.5, 0.6) is 0 Å². The molecule has 0 bridgehead atoms. The van der Waals surface area contributed by atoms with Crippen LogP contribution in [0.25, 0.3) is 0 Å². The van der Waals surface area contributed by atoms with E-state index in [9.17, 15) is 4.79 Å². The van der Waals surface area contributed by atoms with Crippen molar-refractivity contribution in [2.45, 2.75) is 13.3 Å². The quantitative estimate of drug-likeness (QED) is 0.842. The van der Waals surface area contributed by atoms with E-state index in [0.717, 1.165) is 26.1 Å². The zero-order valence-corrected chi connectivity index (χ0v) is 12.1. The number of hydrogen-bond acceptors (Lipinski definition) is 5. The van der Waals surface area contributed by atoms with Crippen molar-refractivity contribution in [2.24, 2.45) is 5.92 Å². The van der Waals surface area contributed by atoms with Gasteiger partial charge in [-0.2, -0.15) is 0 Å². The fourth-order valence-corrected chi connectivity index (χ4v) is 2.32. The number of hydrogen-bond donors (Lipinski definition) is 2. The van der Waals surface area contributed by atoms with Gasteiger partial charge >= 0.3 is 0 Å². The van der Waals surface area contributed by atoms with Crippen molar-refractivity contribution in [1.82, 2.24) is 15.4 Å². The molecular formula is C12H21ClN4O2. The first kappa shape index (κ1) is 15.9. The first-order valence-corrected chi connectivity index (χ1v) is 6.27. The standard InChI is InChI=1S/C12H20N4O2.ClH/c1-9-5-11(15-18-9)14-12(17)8-16-4-3-10(7-16)6-13-2;/h5,10,13H,3-4,6-8H2,1-2H3,(H,14,15,17);1H. The highest BCUT2D eigenvalue weighted by atomic mass is 35.5. The minimum atomic E-state index is -0.0339. The Kier molecular flexibility index (Phi) is 6.27. The minimum Gasteiger partial charge on any atom is -0.360 e. The average Bonchev–Trinajstić information content (AvgIpc) is 2.89. The Morgan fingerprint density at radius 3 is 3.05 bits per heavy atom. The van der Waals surface area contributed by atoms with Crippen molar-refractivity contribution in [2.75, 3.05) is 38.5 Å². The van der Waals surface area contributed by atoms with Gasteiger partial charge in [0.2, 0.25) is 5.91 Å². The molecule has 6 nitrogen and oxygen atoms in total. The number of carbonyl (C=O) groups is 1. The largest absolute Gasteiger partial charge is 0.360 e. The summed E-state index contributed by atoms with van der Waals surface area (Å²) in [4.78, 5) is 14.0. The summed E-state index contributed by atoms with van der Waals surface area (Å²) >= 11 is 0. The molecule has 7 heteroatoms. The van der Waals surface area contributed by atoms with Crippen molar-refractivity contribution in [3.05, 3.63) is 11.8 Å². The van der Waals surface area contributed by atoms with Crippen LogP contribution in [-0.4, -0.2) is 49.2 Å². The van der Waals surface area contributed by atoms with Crippen LogP contribution in [0.3, 0.4) is 0 Å². The Morgan fingerprint density at radius 1 is 1.63 bits per heavy atom. The molecule has 0 spiro atoms. The number of rotatable bonds is 5. The van der Waals surface area contributed by atoms with Crippen molar-refractivity contribution >= 4 is 24.1 Å². The lowest BCUT2D eigenvalue weighted by Gasteiger charge is -2.14. The topological polar surface area (TPSA) is 70.4 Å². The number of nitrogens with zero attached hydrogens (tertiary/aromatic N) is 2. The number of carbonyl (C=O) groups excluding carboxylic acids is 1. The fraction of sp³-hybridized carbons (Fsp3) is 0.667. The SMILES string of the molecule is CNCC1CCN(CC(=O)Nc2cc(C)on2)C1.Cl. The lowest BCUT2D eigenvalue weighted by Crippen LogP contribution is -2.32. The van der Waals surface area contributed by atoms with E-state index >= 15 is 0 Å². The highest BCUT2D eigenvalue weighted by Gasteiger charge is 2.23.